The molecule has 0 aliphatic carbocycles. The zero-order valence-electron chi connectivity index (χ0n) is 9.64. The summed E-state index contributed by atoms with van der Waals surface area (Å²) in [6, 6.07) is 8.18. The molecule has 2 heterocycles. The van der Waals surface area contributed by atoms with Crippen molar-refractivity contribution in [3.8, 4) is 0 Å². The summed E-state index contributed by atoms with van der Waals surface area (Å²) in [6.07, 6.45) is 0.978. The molecule has 5 heteroatoms. The van der Waals surface area contributed by atoms with Gasteiger partial charge >= 0.3 is 0 Å². The number of aryl methyl sites for hydroxylation is 2. The van der Waals surface area contributed by atoms with E-state index in [1.165, 1.54) is 5.56 Å². The van der Waals surface area contributed by atoms with E-state index in [4.69, 9.17) is 5.73 Å². The summed E-state index contributed by atoms with van der Waals surface area (Å²) in [5.41, 5.74) is 9.35. The third kappa shape index (κ3) is 2.15. The zero-order valence-corrected chi connectivity index (χ0v) is 12.0. The van der Waals surface area contributed by atoms with Crippen LogP contribution >= 0.6 is 27.3 Å². The lowest BCUT2D eigenvalue weighted by molar-refractivity contribution is 0.727. The Bertz CT molecular complexity index is 673. The topological polar surface area (TPSA) is 43.8 Å². The first-order valence-electron chi connectivity index (χ1n) is 5.66. The molecule has 3 rings (SSSR count). The van der Waals surface area contributed by atoms with Crippen LogP contribution in [0.4, 0.5) is 5.95 Å². The van der Waals surface area contributed by atoms with Crippen LogP contribution in [0.2, 0.25) is 0 Å². The highest BCUT2D eigenvalue weighted by Crippen LogP contribution is 2.22. The monoisotopic (exact) mass is 321 g/mol. The van der Waals surface area contributed by atoms with E-state index >= 15 is 0 Å². The van der Waals surface area contributed by atoms with Gasteiger partial charge in [0.25, 0.3) is 0 Å². The van der Waals surface area contributed by atoms with Crippen LogP contribution in [0.5, 0.6) is 0 Å². The number of aromatic nitrogens is 2. The fraction of sp³-hybridized carbons (Fsp3) is 0.154. The predicted octanol–water partition coefficient (Wildman–Crippen LogP) is 3.69. The molecule has 0 aliphatic heterocycles. The second-order valence-electron chi connectivity index (χ2n) is 4.14. The molecule has 18 heavy (non-hydrogen) atoms. The molecule has 3 aromatic rings. The lowest BCUT2D eigenvalue weighted by Gasteiger charge is -2.05. The van der Waals surface area contributed by atoms with Crippen molar-refractivity contribution < 1.29 is 0 Å². The molecule has 0 bridgehead atoms. The summed E-state index contributed by atoms with van der Waals surface area (Å²) in [7, 11) is 0. The van der Waals surface area contributed by atoms with Gasteiger partial charge in [0.05, 0.1) is 11.0 Å². The summed E-state index contributed by atoms with van der Waals surface area (Å²) in [5.74, 6) is 0.582. The number of thiophene rings is 1. The average Bonchev–Trinajstić information content (AvgIpc) is 2.94. The van der Waals surface area contributed by atoms with Gasteiger partial charge in [-0.25, -0.2) is 4.98 Å². The van der Waals surface area contributed by atoms with Gasteiger partial charge in [0.2, 0.25) is 5.95 Å². The minimum absolute atomic E-state index is 0.582. The van der Waals surface area contributed by atoms with E-state index in [1.54, 1.807) is 11.3 Å². The molecule has 3 nitrogen and oxygen atoms in total. The highest BCUT2D eigenvalue weighted by atomic mass is 79.9. The van der Waals surface area contributed by atoms with Crippen molar-refractivity contribution in [3.63, 3.8) is 0 Å². The van der Waals surface area contributed by atoms with Gasteiger partial charge in [0.1, 0.15) is 0 Å². The number of halogens is 1. The quantitative estimate of drug-likeness (QED) is 0.799. The number of benzene rings is 1. The van der Waals surface area contributed by atoms with Gasteiger partial charge in [-0.3, -0.25) is 0 Å². The molecule has 0 radical (unpaired) electrons. The number of hydrogen-bond donors (Lipinski definition) is 1. The van der Waals surface area contributed by atoms with Crippen LogP contribution in [0.1, 0.15) is 5.56 Å². The first-order chi connectivity index (χ1) is 8.74. The van der Waals surface area contributed by atoms with E-state index in [0.29, 0.717) is 5.95 Å². The molecule has 1 aromatic carbocycles. The van der Waals surface area contributed by atoms with E-state index in [2.05, 4.69) is 48.4 Å². The molecule has 92 valence electrons. The maximum Gasteiger partial charge on any atom is 0.201 e. The van der Waals surface area contributed by atoms with Crippen LogP contribution in [-0.2, 0) is 13.0 Å². The summed E-state index contributed by atoms with van der Waals surface area (Å²) >= 11 is 5.21. The van der Waals surface area contributed by atoms with Crippen LogP contribution < -0.4 is 5.73 Å². The second-order valence-corrected chi connectivity index (χ2v) is 5.83. The molecule has 0 saturated heterocycles. The van der Waals surface area contributed by atoms with E-state index in [-0.39, 0.29) is 0 Å². The standard InChI is InChI=1S/C13H12BrN3S/c14-10-1-2-11-12(7-10)17(13(15)16-11)5-3-9-4-6-18-8-9/h1-2,4,6-8H,3,5H2,(H2,15,16). The number of nitrogen functional groups attached to an aromatic ring is 1. The van der Waals surface area contributed by atoms with Crippen LogP contribution in [0.25, 0.3) is 11.0 Å². The largest absolute Gasteiger partial charge is 0.369 e. The summed E-state index contributed by atoms with van der Waals surface area (Å²) in [5, 5.41) is 4.27. The first kappa shape index (κ1) is 11.7. The Labute approximate surface area is 117 Å². The van der Waals surface area contributed by atoms with Gasteiger partial charge in [-0.15, -0.1) is 0 Å². The Kier molecular flexibility index (Phi) is 3.09. The van der Waals surface area contributed by atoms with Crippen LogP contribution in [0, 0.1) is 0 Å². The Morgan fingerprint density at radius 1 is 1.33 bits per heavy atom. The zero-order chi connectivity index (χ0) is 12.5. The lowest BCUT2D eigenvalue weighted by Crippen LogP contribution is -2.05. The van der Waals surface area contributed by atoms with Gasteiger partial charge in [-0.2, -0.15) is 11.3 Å². The molecule has 2 aromatic heterocycles. The van der Waals surface area contributed by atoms with Crippen LogP contribution in [0.15, 0.2) is 39.5 Å². The summed E-state index contributed by atoms with van der Waals surface area (Å²) in [4.78, 5) is 4.38. The number of hydrogen-bond acceptors (Lipinski definition) is 3. The van der Waals surface area contributed by atoms with E-state index < -0.39 is 0 Å². The molecular weight excluding hydrogens is 310 g/mol. The van der Waals surface area contributed by atoms with Crippen molar-refractivity contribution in [2.45, 2.75) is 13.0 Å². The first-order valence-corrected chi connectivity index (χ1v) is 7.40. The van der Waals surface area contributed by atoms with Crippen molar-refractivity contribution >= 4 is 44.2 Å². The molecule has 0 atom stereocenters. The van der Waals surface area contributed by atoms with Crippen molar-refractivity contribution in [3.05, 3.63) is 45.1 Å². The molecule has 0 aliphatic rings. The molecule has 0 saturated carbocycles. The van der Waals surface area contributed by atoms with E-state index in [0.717, 1.165) is 28.5 Å². The molecule has 0 unspecified atom stereocenters. The predicted molar refractivity (Wildman–Crippen MR) is 79.9 cm³/mol. The normalized spacial score (nSPS) is 11.2. The second kappa shape index (κ2) is 4.74. The molecule has 0 spiro atoms. The third-order valence-electron chi connectivity index (χ3n) is 2.94. The molecule has 2 N–H and O–H groups in total. The Hall–Kier alpha value is -1.33. The van der Waals surface area contributed by atoms with E-state index in [9.17, 15) is 0 Å². The van der Waals surface area contributed by atoms with Crippen molar-refractivity contribution in [1.82, 2.24) is 9.55 Å². The van der Waals surface area contributed by atoms with Crippen molar-refractivity contribution in [2.75, 3.05) is 5.73 Å². The SMILES string of the molecule is Nc1nc2ccc(Br)cc2n1CCc1ccsc1. The Morgan fingerprint density at radius 3 is 3.00 bits per heavy atom. The lowest BCUT2D eigenvalue weighted by atomic mass is 10.2. The third-order valence-corrected chi connectivity index (χ3v) is 4.17. The van der Waals surface area contributed by atoms with Gasteiger partial charge in [0, 0.05) is 11.0 Å². The van der Waals surface area contributed by atoms with Crippen molar-refractivity contribution in [1.29, 1.82) is 0 Å². The maximum absolute atomic E-state index is 5.98. The number of nitrogens with two attached hydrogens (primary N) is 1. The van der Waals surface area contributed by atoms with E-state index in [1.807, 2.05) is 12.1 Å². The fourth-order valence-corrected chi connectivity index (χ4v) is 3.08. The fourth-order valence-electron chi connectivity index (χ4n) is 2.03. The highest BCUT2D eigenvalue weighted by Gasteiger charge is 2.08. The van der Waals surface area contributed by atoms with Crippen LogP contribution in [0.3, 0.4) is 0 Å². The number of anilines is 1. The van der Waals surface area contributed by atoms with Gasteiger partial charge < -0.3 is 10.3 Å². The van der Waals surface area contributed by atoms with Crippen molar-refractivity contribution in [2.24, 2.45) is 0 Å². The number of rotatable bonds is 3. The minimum Gasteiger partial charge on any atom is -0.369 e. The van der Waals surface area contributed by atoms with Gasteiger partial charge in [0.15, 0.2) is 0 Å². The smallest absolute Gasteiger partial charge is 0.201 e. The Morgan fingerprint density at radius 2 is 2.22 bits per heavy atom. The molecule has 0 fully saturated rings. The Balaban J connectivity index is 1.95. The number of nitrogens with zero attached hydrogens (tertiary/aromatic N) is 2. The molecular formula is C13H12BrN3S. The number of fused-ring (bicyclic) bond motifs is 1. The molecule has 0 amide bonds. The maximum atomic E-state index is 5.98. The highest BCUT2D eigenvalue weighted by molar-refractivity contribution is 9.10. The minimum atomic E-state index is 0.582. The van der Waals surface area contributed by atoms with Gasteiger partial charge in [-0.1, -0.05) is 15.9 Å². The van der Waals surface area contributed by atoms with Crippen LogP contribution in [-0.4, -0.2) is 9.55 Å². The number of imidazole rings is 1. The summed E-state index contributed by atoms with van der Waals surface area (Å²) in [6.45, 7) is 0.857. The average molecular weight is 322 g/mol. The van der Waals surface area contributed by atoms with Gasteiger partial charge in [-0.05, 0) is 47.0 Å². The summed E-state index contributed by atoms with van der Waals surface area (Å²) < 4.78 is 3.12.